The van der Waals surface area contributed by atoms with E-state index < -0.39 is 13.1 Å². The lowest BCUT2D eigenvalue weighted by Gasteiger charge is -2.10. The van der Waals surface area contributed by atoms with Crippen LogP contribution in [0.4, 0.5) is 0 Å². The monoisotopic (exact) mass is 244 g/mol. The third-order valence-electron chi connectivity index (χ3n) is 1.99. The van der Waals surface area contributed by atoms with Crippen LogP contribution in [-0.2, 0) is 4.74 Å². The largest absolute Gasteiger partial charge is 0.497 e. The summed E-state index contributed by atoms with van der Waals surface area (Å²) in [6, 6.07) is 2.69. The third kappa shape index (κ3) is 2.47. The van der Waals surface area contributed by atoms with E-state index in [1.165, 1.54) is 26.4 Å². The quantitative estimate of drug-likeness (QED) is 0.570. The van der Waals surface area contributed by atoms with Gasteiger partial charge in [-0.15, -0.1) is 0 Å². The number of hydrogen-bond acceptors (Lipinski definition) is 5. The average molecular weight is 244 g/mol. The minimum absolute atomic E-state index is 0.0126. The zero-order chi connectivity index (χ0) is 12.3. The molecule has 0 saturated heterocycles. The Balaban J connectivity index is 3.37. The summed E-state index contributed by atoms with van der Waals surface area (Å²) in [6.07, 6.45) is 0. The number of halogens is 1. The summed E-state index contributed by atoms with van der Waals surface area (Å²) in [4.78, 5) is 11.4. The molecule has 0 aromatic heterocycles. The second kappa shape index (κ2) is 5.20. The first-order valence-electron chi connectivity index (χ1n) is 4.33. The van der Waals surface area contributed by atoms with Gasteiger partial charge in [0.1, 0.15) is 5.75 Å². The molecular formula is C9H10BClO5. The Morgan fingerprint density at radius 1 is 1.38 bits per heavy atom. The van der Waals surface area contributed by atoms with Gasteiger partial charge in [-0.3, -0.25) is 0 Å². The van der Waals surface area contributed by atoms with Gasteiger partial charge >= 0.3 is 13.1 Å². The fourth-order valence-corrected chi connectivity index (χ4v) is 1.47. The molecule has 0 saturated carbocycles. The van der Waals surface area contributed by atoms with Gasteiger partial charge in [-0.2, -0.15) is 0 Å². The highest BCUT2D eigenvalue weighted by atomic mass is 35.5. The van der Waals surface area contributed by atoms with Crippen LogP contribution in [-0.4, -0.2) is 37.4 Å². The first-order valence-corrected chi connectivity index (χ1v) is 4.71. The number of rotatable bonds is 3. The van der Waals surface area contributed by atoms with Crippen molar-refractivity contribution >= 4 is 30.2 Å². The summed E-state index contributed by atoms with van der Waals surface area (Å²) in [6.45, 7) is 0. The summed E-state index contributed by atoms with van der Waals surface area (Å²) in [5.41, 5.74) is 0.00744. The van der Waals surface area contributed by atoms with Crippen LogP contribution in [0.15, 0.2) is 12.1 Å². The van der Waals surface area contributed by atoms with Crippen molar-refractivity contribution in [2.45, 2.75) is 0 Å². The number of carbonyl (C=O) groups excluding carboxylic acids is 1. The van der Waals surface area contributed by atoms with Crippen LogP contribution < -0.4 is 10.2 Å². The summed E-state index contributed by atoms with van der Waals surface area (Å²) >= 11 is 5.83. The fraction of sp³-hybridized carbons (Fsp3) is 0.222. The standard InChI is InChI=1S/C9H10BClO5/c1-15-5-3-6(9(12)16-2)8(11)7(4-5)10(13)14/h3-4,13-14H,1-2H3. The van der Waals surface area contributed by atoms with E-state index in [0.29, 0.717) is 0 Å². The van der Waals surface area contributed by atoms with Gasteiger partial charge in [0, 0.05) is 5.46 Å². The van der Waals surface area contributed by atoms with Gasteiger partial charge in [0.2, 0.25) is 0 Å². The lowest BCUT2D eigenvalue weighted by Crippen LogP contribution is -2.32. The van der Waals surface area contributed by atoms with Crippen molar-refractivity contribution < 1.29 is 24.3 Å². The van der Waals surface area contributed by atoms with E-state index in [-0.39, 0.29) is 21.8 Å². The summed E-state index contributed by atoms with van der Waals surface area (Å²) in [5.74, 6) is -0.390. The molecule has 0 unspecified atom stereocenters. The minimum atomic E-state index is -1.79. The Bertz CT molecular complexity index is 407. The van der Waals surface area contributed by atoms with E-state index >= 15 is 0 Å². The van der Waals surface area contributed by atoms with Gasteiger partial charge in [-0.05, 0) is 12.1 Å². The molecule has 16 heavy (non-hydrogen) atoms. The smallest absolute Gasteiger partial charge is 0.490 e. The number of hydrogen-bond donors (Lipinski definition) is 2. The van der Waals surface area contributed by atoms with E-state index in [1.54, 1.807) is 0 Å². The summed E-state index contributed by atoms with van der Waals surface area (Å²) in [5, 5.41) is 18.1. The van der Waals surface area contributed by atoms with Crippen molar-refractivity contribution in [3.63, 3.8) is 0 Å². The van der Waals surface area contributed by atoms with Gasteiger partial charge in [0.15, 0.2) is 0 Å². The van der Waals surface area contributed by atoms with Crippen LogP contribution in [0.1, 0.15) is 10.4 Å². The minimum Gasteiger partial charge on any atom is -0.497 e. The molecule has 86 valence electrons. The predicted molar refractivity (Wildman–Crippen MR) is 59.2 cm³/mol. The number of methoxy groups -OCH3 is 2. The lowest BCUT2D eigenvalue weighted by molar-refractivity contribution is 0.0600. The maximum absolute atomic E-state index is 11.4. The normalized spacial score (nSPS) is 9.81. The molecule has 0 bridgehead atoms. The molecule has 2 N–H and O–H groups in total. The molecular weight excluding hydrogens is 234 g/mol. The molecule has 1 aromatic rings. The SMILES string of the molecule is COC(=O)c1cc(OC)cc(B(O)O)c1Cl. The molecule has 0 atom stereocenters. The topological polar surface area (TPSA) is 76.0 Å². The van der Waals surface area contributed by atoms with Crippen molar-refractivity contribution in [2.75, 3.05) is 14.2 Å². The van der Waals surface area contributed by atoms with Crippen LogP contribution in [0, 0.1) is 0 Å². The van der Waals surface area contributed by atoms with Crippen molar-refractivity contribution in [1.82, 2.24) is 0 Å². The second-order valence-electron chi connectivity index (χ2n) is 2.94. The van der Waals surface area contributed by atoms with Gasteiger partial charge < -0.3 is 19.5 Å². The highest BCUT2D eigenvalue weighted by Crippen LogP contribution is 2.21. The molecule has 0 fully saturated rings. The van der Waals surface area contributed by atoms with Gasteiger partial charge in [-0.1, -0.05) is 11.6 Å². The number of benzene rings is 1. The van der Waals surface area contributed by atoms with E-state index in [2.05, 4.69) is 4.74 Å². The number of ether oxygens (including phenoxy) is 2. The van der Waals surface area contributed by atoms with E-state index in [4.69, 9.17) is 26.4 Å². The maximum Gasteiger partial charge on any atom is 0.490 e. The van der Waals surface area contributed by atoms with E-state index in [1.807, 2.05) is 0 Å². The molecule has 0 amide bonds. The Morgan fingerprint density at radius 2 is 2.00 bits per heavy atom. The van der Waals surface area contributed by atoms with E-state index in [0.717, 1.165) is 0 Å². The highest BCUT2D eigenvalue weighted by Gasteiger charge is 2.22. The zero-order valence-corrected chi connectivity index (χ0v) is 9.49. The van der Waals surface area contributed by atoms with Gasteiger partial charge in [0.05, 0.1) is 24.8 Å². The van der Waals surface area contributed by atoms with Crippen molar-refractivity contribution in [3.05, 3.63) is 22.7 Å². The maximum atomic E-state index is 11.4. The first-order chi connectivity index (χ1) is 7.51. The molecule has 0 heterocycles. The lowest BCUT2D eigenvalue weighted by atomic mass is 9.79. The van der Waals surface area contributed by atoms with Crippen molar-refractivity contribution in [1.29, 1.82) is 0 Å². The van der Waals surface area contributed by atoms with Crippen LogP contribution in [0.25, 0.3) is 0 Å². The zero-order valence-electron chi connectivity index (χ0n) is 8.73. The molecule has 5 nitrogen and oxygen atoms in total. The number of carbonyl (C=O) groups is 1. The summed E-state index contributed by atoms with van der Waals surface area (Å²) < 4.78 is 9.42. The van der Waals surface area contributed by atoms with Crippen LogP contribution in [0.3, 0.4) is 0 Å². The molecule has 1 aromatic carbocycles. The molecule has 0 aliphatic rings. The molecule has 0 aliphatic carbocycles. The first kappa shape index (κ1) is 12.8. The molecule has 0 radical (unpaired) electrons. The third-order valence-corrected chi connectivity index (χ3v) is 2.42. The van der Waals surface area contributed by atoms with Crippen molar-refractivity contribution in [3.8, 4) is 5.75 Å². The van der Waals surface area contributed by atoms with Crippen molar-refractivity contribution in [2.24, 2.45) is 0 Å². The second-order valence-corrected chi connectivity index (χ2v) is 3.32. The molecule has 7 heteroatoms. The Morgan fingerprint density at radius 3 is 2.44 bits per heavy atom. The molecule has 0 aliphatic heterocycles. The Kier molecular flexibility index (Phi) is 4.17. The Hall–Kier alpha value is -1.24. The van der Waals surface area contributed by atoms with Gasteiger partial charge in [0.25, 0.3) is 0 Å². The number of esters is 1. The Labute approximate surface area is 97.7 Å². The average Bonchev–Trinajstić information content (AvgIpc) is 2.28. The predicted octanol–water partition coefficient (Wildman–Crippen LogP) is -0.185. The van der Waals surface area contributed by atoms with Crippen LogP contribution in [0.2, 0.25) is 5.02 Å². The molecule has 0 spiro atoms. The highest BCUT2D eigenvalue weighted by molar-refractivity contribution is 6.63. The van der Waals surface area contributed by atoms with Crippen LogP contribution in [0.5, 0.6) is 5.75 Å². The van der Waals surface area contributed by atoms with Gasteiger partial charge in [-0.25, -0.2) is 4.79 Å². The van der Waals surface area contributed by atoms with E-state index in [9.17, 15) is 4.79 Å². The molecule has 1 rings (SSSR count). The fourth-order valence-electron chi connectivity index (χ4n) is 1.18. The summed E-state index contributed by atoms with van der Waals surface area (Å²) in [7, 11) is 0.802. The van der Waals surface area contributed by atoms with Crippen LogP contribution >= 0.6 is 11.6 Å².